The molecule has 0 atom stereocenters. The first-order valence-electron chi connectivity index (χ1n) is 6.09. The highest BCUT2D eigenvalue weighted by Gasteiger charge is 2.12. The van der Waals surface area contributed by atoms with Crippen molar-refractivity contribution < 1.29 is 14.3 Å². The van der Waals surface area contributed by atoms with Crippen molar-refractivity contribution in [2.45, 2.75) is 0 Å². The van der Waals surface area contributed by atoms with Gasteiger partial charge < -0.3 is 14.3 Å². The predicted molar refractivity (Wildman–Crippen MR) is 76.1 cm³/mol. The molecule has 0 bridgehead atoms. The second-order valence-electron chi connectivity index (χ2n) is 4.36. The van der Waals surface area contributed by atoms with Crippen LogP contribution in [0.2, 0.25) is 0 Å². The van der Waals surface area contributed by atoms with E-state index in [0.717, 1.165) is 5.56 Å². The minimum Gasteiger partial charge on any atom is -0.504 e. The van der Waals surface area contributed by atoms with Gasteiger partial charge in [-0.3, -0.25) is 4.79 Å². The number of hydrogen-bond donors (Lipinski definition) is 1. The zero-order valence-corrected chi connectivity index (χ0v) is 10.8. The molecule has 0 aliphatic heterocycles. The normalized spacial score (nSPS) is 10.7. The molecule has 0 saturated carbocycles. The van der Waals surface area contributed by atoms with E-state index in [1.807, 2.05) is 30.3 Å². The van der Waals surface area contributed by atoms with Crippen molar-refractivity contribution in [3.8, 4) is 22.8 Å². The molecule has 0 aliphatic carbocycles. The molecule has 1 N–H and O–H groups in total. The van der Waals surface area contributed by atoms with Crippen molar-refractivity contribution in [3.05, 3.63) is 58.8 Å². The third-order valence-electron chi connectivity index (χ3n) is 3.08. The number of benzene rings is 2. The maximum absolute atomic E-state index is 12.2. The highest BCUT2D eigenvalue weighted by molar-refractivity contribution is 5.85. The smallest absolute Gasteiger partial charge is 0.193 e. The predicted octanol–water partition coefficient (Wildman–Crippen LogP) is 3.17. The van der Waals surface area contributed by atoms with E-state index in [1.165, 1.54) is 19.2 Å². The van der Waals surface area contributed by atoms with E-state index in [4.69, 9.17) is 9.15 Å². The lowest BCUT2D eigenvalue weighted by atomic mass is 10.1. The van der Waals surface area contributed by atoms with Crippen molar-refractivity contribution in [3.63, 3.8) is 0 Å². The molecule has 2 aromatic carbocycles. The van der Waals surface area contributed by atoms with Gasteiger partial charge in [-0.05, 0) is 6.07 Å². The van der Waals surface area contributed by atoms with Crippen LogP contribution in [0.5, 0.6) is 11.5 Å². The Morgan fingerprint density at radius 2 is 1.85 bits per heavy atom. The maximum Gasteiger partial charge on any atom is 0.193 e. The average Bonchev–Trinajstić information content (AvgIpc) is 2.48. The van der Waals surface area contributed by atoms with Crippen LogP contribution in [0.15, 0.2) is 57.7 Å². The van der Waals surface area contributed by atoms with Crippen LogP contribution in [0.4, 0.5) is 0 Å². The lowest BCUT2D eigenvalue weighted by Crippen LogP contribution is -2.01. The summed E-state index contributed by atoms with van der Waals surface area (Å²) >= 11 is 0. The fourth-order valence-corrected chi connectivity index (χ4v) is 2.08. The molecule has 0 spiro atoms. The van der Waals surface area contributed by atoms with Gasteiger partial charge in [0.1, 0.15) is 11.5 Å². The Balaban J connectivity index is 2.30. The van der Waals surface area contributed by atoms with Crippen molar-refractivity contribution in [1.29, 1.82) is 0 Å². The third kappa shape index (κ3) is 2.01. The quantitative estimate of drug-likeness (QED) is 0.775. The molecule has 1 heterocycles. The number of ether oxygens (including phenoxy) is 1. The molecule has 0 unspecified atom stereocenters. The Bertz CT molecular complexity index is 819. The first-order chi connectivity index (χ1) is 9.69. The van der Waals surface area contributed by atoms with Crippen LogP contribution < -0.4 is 10.2 Å². The molecule has 100 valence electrons. The Kier molecular flexibility index (Phi) is 2.91. The topological polar surface area (TPSA) is 59.7 Å². The molecule has 0 aliphatic rings. The van der Waals surface area contributed by atoms with Gasteiger partial charge >= 0.3 is 0 Å². The molecule has 0 fully saturated rings. The molecule has 3 rings (SSSR count). The molecule has 4 heteroatoms. The minimum atomic E-state index is -0.223. The van der Waals surface area contributed by atoms with Crippen molar-refractivity contribution in [2.75, 3.05) is 7.11 Å². The van der Waals surface area contributed by atoms with Gasteiger partial charge in [0.15, 0.2) is 16.8 Å². The number of fused-ring (bicyclic) bond motifs is 1. The Morgan fingerprint density at radius 3 is 2.55 bits per heavy atom. The Labute approximate surface area is 114 Å². The summed E-state index contributed by atoms with van der Waals surface area (Å²) < 4.78 is 10.7. The molecular weight excluding hydrogens is 256 g/mol. The van der Waals surface area contributed by atoms with Crippen molar-refractivity contribution in [1.82, 2.24) is 0 Å². The SMILES string of the molecule is COc1cc(O)c2oc(-c3ccccc3)cc(=O)c2c1. The molecule has 0 amide bonds. The van der Waals surface area contributed by atoms with Gasteiger partial charge in [0.05, 0.1) is 12.5 Å². The summed E-state index contributed by atoms with van der Waals surface area (Å²) in [5, 5.41) is 10.3. The molecule has 20 heavy (non-hydrogen) atoms. The van der Waals surface area contributed by atoms with Crippen LogP contribution in [-0.4, -0.2) is 12.2 Å². The van der Waals surface area contributed by atoms with Crippen molar-refractivity contribution in [2.24, 2.45) is 0 Å². The molecule has 1 aromatic heterocycles. The van der Waals surface area contributed by atoms with Gasteiger partial charge in [-0.25, -0.2) is 0 Å². The summed E-state index contributed by atoms with van der Waals surface area (Å²) in [4.78, 5) is 12.2. The number of rotatable bonds is 2. The van der Waals surface area contributed by atoms with Gasteiger partial charge in [0.2, 0.25) is 0 Å². The summed E-state index contributed by atoms with van der Waals surface area (Å²) in [7, 11) is 1.47. The summed E-state index contributed by atoms with van der Waals surface area (Å²) in [5.74, 6) is 0.715. The van der Waals surface area contributed by atoms with Crippen LogP contribution in [-0.2, 0) is 0 Å². The highest BCUT2D eigenvalue weighted by Crippen LogP contribution is 2.31. The van der Waals surface area contributed by atoms with Gasteiger partial charge in [-0.2, -0.15) is 0 Å². The molecule has 3 aromatic rings. The second-order valence-corrected chi connectivity index (χ2v) is 4.36. The molecule has 0 saturated heterocycles. The monoisotopic (exact) mass is 268 g/mol. The number of hydrogen-bond acceptors (Lipinski definition) is 4. The fourth-order valence-electron chi connectivity index (χ4n) is 2.08. The summed E-state index contributed by atoms with van der Waals surface area (Å²) in [6.07, 6.45) is 0. The first kappa shape index (κ1) is 12.3. The zero-order valence-electron chi connectivity index (χ0n) is 10.8. The lowest BCUT2D eigenvalue weighted by Gasteiger charge is -2.06. The number of phenolic OH excluding ortho intramolecular Hbond substituents is 1. The number of methoxy groups -OCH3 is 1. The Hall–Kier alpha value is -2.75. The summed E-state index contributed by atoms with van der Waals surface area (Å²) in [6.45, 7) is 0. The van der Waals surface area contributed by atoms with Crippen LogP contribution in [0.1, 0.15) is 0 Å². The largest absolute Gasteiger partial charge is 0.504 e. The van der Waals surface area contributed by atoms with E-state index in [-0.39, 0.29) is 16.8 Å². The van der Waals surface area contributed by atoms with E-state index in [0.29, 0.717) is 16.9 Å². The maximum atomic E-state index is 12.2. The standard InChI is InChI=1S/C16H12O4/c1-19-11-7-12-13(17)9-15(10-5-3-2-4-6-10)20-16(12)14(18)8-11/h2-9,18H,1H3. The van der Waals surface area contributed by atoms with E-state index in [2.05, 4.69) is 0 Å². The van der Waals surface area contributed by atoms with Gasteiger partial charge in [-0.1, -0.05) is 30.3 Å². The van der Waals surface area contributed by atoms with Gasteiger partial charge in [0.25, 0.3) is 0 Å². The van der Waals surface area contributed by atoms with Crippen molar-refractivity contribution >= 4 is 11.0 Å². The van der Waals surface area contributed by atoms with Crippen LogP contribution in [0, 0.1) is 0 Å². The molecule has 0 radical (unpaired) electrons. The number of aromatic hydroxyl groups is 1. The zero-order chi connectivity index (χ0) is 14.1. The fraction of sp³-hybridized carbons (Fsp3) is 0.0625. The third-order valence-corrected chi connectivity index (χ3v) is 3.08. The van der Waals surface area contributed by atoms with E-state index in [1.54, 1.807) is 6.07 Å². The van der Waals surface area contributed by atoms with Crippen LogP contribution >= 0.6 is 0 Å². The first-order valence-corrected chi connectivity index (χ1v) is 6.09. The second kappa shape index (κ2) is 4.74. The number of phenols is 1. The molecular formula is C16H12O4. The minimum absolute atomic E-state index is 0.116. The van der Waals surface area contributed by atoms with Gasteiger partial charge in [0, 0.05) is 17.7 Å². The molecule has 4 nitrogen and oxygen atoms in total. The lowest BCUT2D eigenvalue weighted by molar-refractivity contribution is 0.407. The highest BCUT2D eigenvalue weighted by atomic mass is 16.5. The van der Waals surface area contributed by atoms with Gasteiger partial charge in [-0.15, -0.1) is 0 Å². The summed E-state index contributed by atoms with van der Waals surface area (Å²) in [6, 6.07) is 13.6. The van der Waals surface area contributed by atoms with E-state index in [9.17, 15) is 9.90 Å². The van der Waals surface area contributed by atoms with Crippen LogP contribution in [0.25, 0.3) is 22.3 Å². The summed E-state index contributed by atoms with van der Waals surface area (Å²) in [5.41, 5.74) is 0.721. The average molecular weight is 268 g/mol. The van der Waals surface area contributed by atoms with Crippen LogP contribution in [0.3, 0.4) is 0 Å². The Morgan fingerprint density at radius 1 is 1.10 bits per heavy atom. The van der Waals surface area contributed by atoms with E-state index < -0.39 is 0 Å². The van der Waals surface area contributed by atoms with E-state index >= 15 is 0 Å².